The molecule has 154 valence electrons. The average molecular weight is 403 g/mol. The van der Waals surface area contributed by atoms with Crippen LogP contribution in [0.1, 0.15) is 65.2 Å². The third kappa shape index (κ3) is 2.36. The molecule has 1 spiro atoms. The number of ketones is 2. The van der Waals surface area contributed by atoms with Crippen LogP contribution >= 0.6 is 0 Å². The fraction of sp³-hybridized carbons (Fsp3) is 0.826. The van der Waals surface area contributed by atoms with Gasteiger partial charge in [-0.2, -0.15) is 0 Å². The normalized spacial score (nSPS) is 50.0. The van der Waals surface area contributed by atoms with Crippen molar-refractivity contribution < 1.29 is 18.4 Å². The molecule has 0 amide bonds. The van der Waals surface area contributed by atoms with Crippen LogP contribution in [0, 0.1) is 28.6 Å². The highest BCUT2D eigenvalue weighted by Gasteiger charge is 2.69. The topological polar surface area (TPSA) is 52.6 Å². The molecular weight excluding hydrogens is 368 g/mol. The molecule has 0 aromatic rings. The zero-order chi connectivity index (χ0) is 19.9. The van der Waals surface area contributed by atoms with Crippen LogP contribution in [-0.2, 0) is 18.4 Å². The molecule has 1 aliphatic heterocycles. The fourth-order valence-electron chi connectivity index (χ4n) is 8.05. The van der Waals surface area contributed by atoms with Crippen LogP contribution in [0.3, 0.4) is 0 Å². The van der Waals surface area contributed by atoms with Gasteiger partial charge < -0.3 is 8.85 Å². The van der Waals surface area contributed by atoms with Crippen molar-refractivity contribution in [1.29, 1.82) is 0 Å². The maximum atomic E-state index is 13.2. The molecular formula is C23H34O4Si. The number of allylic oxidation sites excluding steroid dienone is 1. The SMILES string of the molecule is C[C@]12CCC(=O)C=C1CCC1C2CC[C@@]2(C)C1CC[C@@]21O[Si](C)(C)OCC1=O. The van der Waals surface area contributed by atoms with Crippen molar-refractivity contribution >= 4 is 20.1 Å². The van der Waals surface area contributed by atoms with Crippen molar-refractivity contribution in [3.8, 4) is 0 Å². The standard InChI is InChI=1S/C23H34O4Si/c1-21-10-7-16(24)13-15(21)5-6-17-18(21)8-11-22(2)19(17)9-12-23(22)20(25)14-26-28(3,4)27-23/h13,17-19H,5-12,14H2,1-4H3/t17?,18?,19?,21-,22-,23-/m0/s1. The number of carbonyl (C=O) groups excluding carboxylic acids is 2. The smallest absolute Gasteiger partial charge is 0.332 e. The minimum absolute atomic E-state index is 0.0681. The second-order valence-electron chi connectivity index (χ2n) is 11.0. The van der Waals surface area contributed by atoms with Gasteiger partial charge in [0.1, 0.15) is 5.60 Å². The molecule has 0 N–H and O–H groups in total. The van der Waals surface area contributed by atoms with Crippen LogP contribution in [0.4, 0.5) is 0 Å². The average Bonchev–Trinajstić information content (AvgIpc) is 2.92. The Morgan fingerprint density at radius 1 is 1.00 bits per heavy atom. The Morgan fingerprint density at radius 3 is 2.54 bits per heavy atom. The Labute approximate surface area is 169 Å². The highest BCUT2D eigenvalue weighted by Crippen LogP contribution is 2.69. The summed E-state index contributed by atoms with van der Waals surface area (Å²) in [6.07, 6.45) is 10.1. The molecule has 6 atom stereocenters. The molecule has 5 rings (SSSR count). The second kappa shape index (κ2) is 5.89. The molecule has 0 aromatic heterocycles. The molecule has 5 heteroatoms. The fourth-order valence-corrected chi connectivity index (χ4v) is 9.87. The van der Waals surface area contributed by atoms with Gasteiger partial charge in [0.2, 0.25) is 0 Å². The Kier molecular flexibility index (Phi) is 4.04. The van der Waals surface area contributed by atoms with Gasteiger partial charge in [0.05, 0.1) is 6.61 Å². The van der Waals surface area contributed by atoms with Gasteiger partial charge in [-0.3, -0.25) is 9.59 Å². The zero-order valence-electron chi connectivity index (χ0n) is 17.8. The van der Waals surface area contributed by atoms with Crippen LogP contribution < -0.4 is 0 Å². The van der Waals surface area contributed by atoms with Crippen LogP contribution in [0.5, 0.6) is 0 Å². The number of hydrogen-bond donors (Lipinski definition) is 0. The van der Waals surface area contributed by atoms with Crippen molar-refractivity contribution in [2.24, 2.45) is 28.6 Å². The van der Waals surface area contributed by atoms with E-state index in [1.54, 1.807) is 0 Å². The molecule has 4 aliphatic carbocycles. The van der Waals surface area contributed by atoms with Gasteiger partial charge in [0.15, 0.2) is 11.6 Å². The maximum Gasteiger partial charge on any atom is 0.332 e. The first-order chi connectivity index (χ1) is 13.1. The molecule has 28 heavy (non-hydrogen) atoms. The van der Waals surface area contributed by atoms with E-state index in [-0.39, 0.29) is 23.2 Å². The summed E-state index contributed by atoms with van der Waals surface area (Å²) < 4.78 is 12.5. The van der Waals surface area contributed by atoms with Crippen LogP contribution in [0.2, 0.25) is 13.1 Å². The molecule has 1 saturated heterocycles. The first-order valence-electron chi connectivity index (χ1n) is 11.2. The minimum atomic E-state index is -2.25. The number of hydrogen-bond acceptors (Lipinski definition) is 4. The Balaban J connectivity index is 1.50. The highest BCUT2D eigenvalue weighted by molar-refractivity contribution is 6.65. The van der Waals surface area contributed by atoms with E-state index in [0.717, 1.165) is 38.5 Å². The van der Waals surface area contributed by atoms with Crippen molar-refractivity contribution in [3.05, 3.63) is 11.6 Å². The summed E-state index contributed by atoms with van der Waals surface area (Å²) in [5, 5.41) is 0. The Hall–Kier alpha value is -0.783. The van der Waals surface area contributed by atoms with Crippen LogP contribution in [0.15, 0.2) is 11.6 Å². The lowest BCUT2D eigenvalue weighted by Gasteiger charge is -2.60. The van der Waals surface area contributed by atoms with Gasteiger partial charge in [0, 0.05) is 11.8 Å². The summed E-state index contributed by atoms with van der Waals surface area (Å²) in [6, 6.07) is 0. The molecule has 4 fully saturated rings. The van der Waals surface area contributed by atoms with E-state index in [9.17, 15) is 9.59 Å². The van der Waals surface area contributed by atoms with Gasteiger partial charge in [-0.1, -0.05) is 19.4 Å². The molecule has 1 heterocycles. The van der Waals surface area contributed by atoms with E-state index in [0.29, 0.717) is 30.0 Å². The summed E-state index contributed by atoms with van der Waals surface area (Å²) in [5.74, 6) is 2.36. The minimum Gasteiger partial charge on any atom is -0.387 e. The maximum absolute atomic E-state index is 13.2. The number of carbonyl (C=O) groups is 2. The van der Waals surface area contributed by atoms with E-state index in [2.05, 4.69) is 26.9 Å². The molecule has 0 bridgehead atoms. The predicted octanol–water partition coefficient (Wildman–Crippen LogP) is 4.57. The largest absolute Gasteiger partial charge is 0.387 e. The molecule has 3 saturated carbocycles. The van der Waals surface area contributed by atoms with Gasteiger partial charge in [-0.05, 0) is 87.3 Å². The summed E-state index contributed by atoms with van der Waals surface area (Å²) >= 11 is 0. The molecule has 4 nitrogen and oxygen atoms in total. The quantitative estimate of drug-likeness (QED) is 0.557. The molecule has 3 unspecified atom stereocenters. The predicted molar refractivity (Wildman–Crippen MR) is 109 cm³/mol. The summed E-state index contributed by atoms with van der Waals surface area (Å²) in [6.45, 7) is 9.18. The first-order valence-corrected chi connectivity index (χ1v) is 14.0. The molecule has 0 aromatic carbocycles. The molecule has 0 radical (unpaired) electrons. The van der Waals surface area contributed by atoms with E-state index in [1.165, 1.54) is 12.0 Å². The van der Waals surface area contributed by atoms with E-state index in [1.807, 2.05) is 6.08 Å². The van der Waals surface area contributed by atoms with Crippen molar-refractivity contribution in [2.75, 3.05) is 6.61 Å². The van der Waals surface area contributed by atoms with Crippen LogP contribution in [0.25, 0.3) is 0 Å². The van der Waals surface area contributed by atoms with Crippen LogP contribution in [-0.4, -0.2) is 32.3 Å². The molecule has 5 aliphatic rings. The van der Waals surface area contributed by atoms with Crippen molar-refractivity contribution in [3.63, 3.8) is 0 Å². The summed E-state index contributed by atoms with van der Waals surface area (Å²) in [4.78, 5) is 25.2. The number of Topliss-reactive ketones (excluding diaryl/α,β-unsaturated/α-hetero) is 1. The van der Waals surface area contributed by atoms with Gasteiger partial charge >= 0.3 is 8.56 Å². The lowest BCUT2D eigenvalue weighted by atomic mass is 9.46. The third-order valence-corrected chi connectivity index (χ3v) is 11.2. The Bertz CT molecular complexity index is 773. The lowest BCUT2D eigenvalue weighted by Crippen LogP contribution is -2.65. The number of fused-ring (bicyclic) bond motifs is 6. The van der Waals surface area contributed by atoms with Gasteiger partial charge in [0.25, 0.3) is 0 Å². The lowest BCUT2D eigenvalue weighted by molar-refractivity contribution is -0.172. The third-order valence-electron chi connectivity index (χ3n) is 9.50. The zero-order valence-corrected chi connectivity index (χ0v) is 18.8. The van der Waals surface area contributed by atoms with E-state index in [4.69, 9.17) is 8.85 Å². The van der Waals surface area contributed by atoms with Gasteiger partial charge in [-0.15, -0.1) is 0 Å². The first kappa shape index (κ1) is 19.2. The Morgan fingerprint density at radius 2 is 1.75 bits per heavy atom. The number of rotatable bonds is 0. The second-order valence-corrected chi connectivity index (χ2v) is 14.3. The summed E-state index contributed by atoms with van der Waals surface area (Å²) in [5.41, 5.74) is 0.910. The summed E-state index contributed by atoms with van der Waals surface area (Å²) in [7, 11) is -2.25. The van der Waals surface area contributed by atoms with Crippen molar-refractivity contribution in [2.45, 2.75) is 83.9 Å². The monoisotopic (exact) mass is 402 g/mol. The van der Waals surface area contributed by atoms with E-state index >= 15 is 0 Å². The van der Waals surface area contributed by atoms with Crippen molar-refractivity contribution in [1.82, 2.24) is 0 Å². The van der Waals surface area contributed by atoms with E-state index < -0.39 is 14.2 Å². The van der Waals surface area contributed by atoms with Gasteiger partial charge in [-0.25, -0.2) is 0 Å². The highest BCUT2D eigenvalue weighted by atomic mass is 28.4.